The van der Waals surface area contributed by atoms with Crippen LogP contribution in [0, 0.1) is 0 Å². The molecule has 0 heterocycles. The number of guanidine groups is 1. The third-order valence-electron chi connectivity index (χ3n) is 5.05. The lowest BCUT2D eigenvalue weighted by molar-refractivity contribution is -0.119. The summed E-state index contributed by atoms with van der Waals surface area (Å²) in [6.07, 6.45) is 3.20. The van der Waals surface area contributed by atoms with Gasteiger partial charge in [0.1, 0.15) is 0 Å². The van der Waals surface area contributed by atoms with E-state index in [-0.39, 0.29) is 41.8 Å². The maximum Gasteiger partial charge on any atom is 0.239 e. The minimum absolute atomic E-state index is 0. The van der Waals surface area contributed by atoms with E-state index >= 15 is 0 Å². The van der Waals surface area contributed by atoms with E-state index in [0.29, 0.717) is 12.5 Å². The lowest BCUT2D eigenvalue weighted by Gasteiger charge is -2.19. The summed E-state index contributed by atoms with van der Waals surface area (Å²) in [5.41, 5.74) is 2.79. The maximum absolute atomic E-state index is 12.0. The molecule has 0 bridgehead atoms. The number of carbonyl (C=O) groups is 1. The van der Waals surface area contributed by atoms with E-state index in [4.69, 9.17) is 0 Å². The Morgan fingerprint density at radius 1 is 0.964 bits per heavy atom. The third kappa shape index (κ3) is 6.51. The van der Waals surface area contributed by atoms with Crippen molar-refractivity contribution in [2.75, 3.05) is 26.7 Å². The number of carbonyl (C=O) groups excluding carboxylic acids is 1. The van der Waals surface area contributed by atoms with E-state index in [1.54, 1.807) is 7.05 Å². The summed E-state index contributed by atoms with van der Waals surface area (Å²) in [4.78, 5) is 16.3. The zero-order chi connectivity index (χ0) is 19.0. The first-order valence-electron chi connectivity index (χ1n) is 9.52. The fourth-order valence-corrected chi connectivity index (χ4v) is 3.20. The number of halogens is 1. The number of nitrogens with zero attached hydrogens (tertiary/aromatic N) is 1. The second-order valence-electron chi connectivity index (χ2n) is 7.01. The summed E-state index contributed by atoms with van der Waals surface area (Å²) in [7, 11) is 1.73. The topological polar surface area (TPSA) is 65.5 Å². The predicted octanol–water partition coefficient (Wildman–Crippen LogP) is 2.86. The molecular formula is C22H29IN4O. The van der Waals surface area contributed by atoms with Crippen molar-refractivity contribution in [1.82, 2.24) is 16.0 Å². The lowest BCUT2D eigenvalue weighted by Crippen LogP contribution is -2.45. The molecule has 0 unspecified atom stereocenters. The van der Waals surface area contributed by atoms with Crippen LogP contribution in [0.3, 0.4) is 0 Å². The van der Waals surface area contributed by atoms with Gasteiger partial charge in [-0.3, -0.25) is 9.79 Å². The Balaban J connectivity index is 0.00000280. The minimum atomic E-state index is -0.0296. The first-order valence-corrected chi connectivity index (χ1v) is 9.52. The highest BCUT2D eigenvalue weighted by atomic mass is 127. The molecule has 0 spiro atoms. The number of aliphatic imine (C=N–C) groups is 1. The molecule has 3 rings (SSSR count). The fraction of sp³-hybridized carbons (Fsp3) is 0.364. The minimum Gasteiger partial charge on any atom is -0.356 e. The van der Waals surface area contributed by atoms with Gasteiger partial charge in [0.2, 0.25) is 5.91 Å². The molecule has 0 aromatic heterocycles. The van der Waals surface area contributed by atoms with Gasteiger partial charge in [-0.1, -0.05) is 60.7 Å². The van der Waals surface area contributed by atoms with E-state index in [1.807, 2.05) is 24.3 Å². The Kier molecular flexibility index (Phi) is 8.76. The van der Waals surface area contributed by atoms with Gasteiger partial charge >= 0.3 is 0 Å². The molecule has 2 aromatic rings. The van der Waals surface area contributed by atoms with Crippen LogP contribution in [0.1, 0.15) is 24.0 Å². The zero-order valence-electron chi connectivity index (χ0n) is 16.3. The van der Waals surface area contributed by atoms with Gasteiger partial charge in [0.15, 0.2) is 5.96 Å². The molecule has 3 N–H and O–H groups in total. The summed E-state index contributed by atoms with van der Waals surface area (Å²) in [6.45, 7) is 1.67. The highest BCUT2D eigenvalue weighted by molar-refractivity contribution is 14.0. The second-order valence-corrected chi connectivity index (χ2v) is 7.01. The van der Waals surface area contributed by atoms with Crippen LogP contribution in [0.4, 0.5) is 0 Å². The molecule has 0 saturated heterocycles. The maximum atomic E-state index is 12.0. The van der Waals surface area contributed by atoms with Crippen molar-refractivity contribution in [2.24, 2.45) is 4.99 Å². The van der Waals surface area contributed by atoms with E-state index in [9.17, 15) is 4.79 Å². The van der Waals surface area contributed by atoms with Gasteiger partial charge in [-0.05, 0) is 30.4 Å². The second kappa shape index (κ2) is 11.0. The molecule has 5 nitrogen and oxygen atoms in total. The molecule has 1 aliphatic rings. The van der Waals surface area contributed by atoms with Crippen LogP contribution in [-0.4, -0.2) is 38.5 Å². The van der Waals surface area contributed by atoms with Crippen molar-refractivity contribution in [3.05, 3.63) is 71.8 Å². The smallest absolute Gasteiger partial charge is 0.239 e. The van der Waals surface area contributed by atoms with E-state index in [2.05, 4.69) is 57.3 Å². The van der Waals surface area contributed by atoms with Crippen molar-refractivity contribution >= 4 is 35.8 Å². The van der Waals surface area contributed by atoms with Gasteiger partial charge < -0.3 is 16.0 Å². The normalized spacial score (nSPS) is 14.5. The standard InChI is InChI=1S/C22H28N4O.HI/c1-23-21(26-17-22(13-14-22)19-10-6-3-7-11-19)25-16-20(27)24-15-12-18-8-4-2-5-9-18;/h2-11H,12-17H2,1H3,(H,24,27)(H2,23,25,26);1H. The van der Waals surface area contributed by atoms with E-state index in [1.165, 1.54) is 24.0 Å². The summed E-state index contributed by atoms with van der Waals surface area (Å²) < 4.78 is 0. The highest BCUT2D eigenvalue weighted by Crippen LogP contribution is 2.47. The molecule has 0 radical (unpaired) electrons. The Labute approximate surface area is 184 Å². The Morgan fingerprint density at radius 3 is 2.21 bits per heavy atom. The molecule has 150 valence electrons. The number of hydrogen-bond donors (Lipinski definition) is 3. The number of rotatable bonds is 8. The first-order chi connectivity index (χ1) is 13.2. The van der Waals surface area contributed by atoms with E-state index in [0.717, 1.165) is 13.0 Å². The number of hydrogen-bond acceptors (Lipinski definition) is 2. The van der Waals surface area contributed by atoms with E-state index < -0.39 is 0 Å². The largest absolute Gasteiger partial charge is 0.356 e. The highest BCUT2D eigenvalue weighted by Gasteiger charge is 2.43. The molecular weight excluding hydrogens is 463 g/mol. The monoisotopic (exact) mass is 492 g/mol. The van der Waals surface area contributed by atoms with Crippen LogP contribution in [0.2, 0.25) is 0 Å². The van der Waals surface area contributed by atoms with Gasteiger partial charge in [-0.15, -0.1) is 24.0 Å². The molecule has 6 heteroatoms. The Bertz CT molecular complexity index is 761. The number of nitrogens with one attached hydrogen (secondary N) is 3. The van der Waals surface area contributed by atoms with Crippen LogP contribution in [0.15, 0.2) is 65.7 Å². The van der Waals surface area contributed by atoms with Crippen LogP contribution >= 0.6 is 24.0 Å². The quantitative estimate of drug-likeness (QED) is 0.302. The zero-order valence-corrected chi connectivity index (χ0v) is 18.6. The molecule has 1 amide bonds. The van der Waals surface area contributed by atoms with Gasteiger partial charge in [0, 0.05) is 25.6 Å². The van der Waals surface area contributed by atoms with Crippen LogP contribution in [0.25, 0.3) is 0 Å². The summed E-state index contributed by atoms with van der Waals surface area (Å²) in [5, 5.41) is 9.40. The van der Waals surface area contributed by atoms with Crippen molar-refractivity contribution < 1.29 is 4.79 Å². The van der Waals surface area contributed by atoms with Gasteiger partial charge in [-0.2, -0.15) is 0 Å². The summed E-state index contributed by atoms with van der Waals surface area (Å²) >= 11 is 0. The first kappa shape index (κ1) is 22.2. The van der Waals surface area contributed by atoms with Crippen LogP contribution in [-0.2, 0) is 16.6 Å². The van der Waals surface area contributed by atoms with Gasteiger partial charge in [0.05, 0.1) is 6.54 Å². The average Bonchev–Trinajstić information content (AvgIpc) is 3.51. The molecule has 0 atom stereocenters. The van der Waals surface area contributed by atoms with Crippen molar-refractivity contribution in [3.8, 4) is 0 Å². The van der Waals surface area contributed by atoms with Crippen molar-refractivity contribution in [2.45, 2.75) is 24.7 Å². The number of benzene rings is 2. The molecule has 2 aromatic carbocycles. The molecule has 1 fully saturated rings. The van der Waals surface area contributed by atoms with Crippen molar-refractivity contribution in [3.63, 3.8) is 0 Å². The molecule has 1 saturated carbocycles. The Morgan fingerprint density at radius 2 is 1.61 bits per heavy atom. The van der Waals surface area contributed by atoms with Crippen LogP contribution in [0.5, 0.6) is 0 Å². The molecule has 1 aliphatic carbocycles. The third-order valence-corrected chi connectivity index (χ3v) is 5.05. The molecule has 28 heavy (non-hydrogen) atoms. The summed E-state index contributed by atoms with van der Waals surface area (Å²) in [5.74, 6) is 0.633. The van der Waals surface area contributed by atoms with Crippen LogP contribution < -0.4 is 16.0 Å². The number of amides is 1. The fourth-order valence-electron chi connectivity index (χ4n) is 3.20. The lowest BCUT2D eigenvalue weighted by atomic mass is 9.96. The van der Waals surface area contributed by atoms with Crippen molar-refractivity contribution in [1.29, 1.82) is 0 Å². The SMILES string of the molecule is CN=C(NCC(=O)NCCc1ccccc1)NCC1(c2ccccc2)CC1.I. The summed E-state index contributed by atoms with van der Waals surface area (Å²) in [6, 6.07) is 20.7. The predicted molar refractivity (Wildman–Crippen MR) is 125 cm³/mol. The van der Waals surface area contributed by atoms with Gasteiger partial charge in [-0.25, -0.2) is 0 Å². The average molecular weight is 492 g/mol. The Hall–Kier alpha value is -2.09. The molecule has 0 aliphatic heterocycles. The van der Waals surface area contributed by atoms with Gasteiger partial charge in [0.25, 0.3) is 0 Å².